The van der Waals surface area contributed by atoms with Crippen molar-refractivity contribution in [1.82, 2.24) is 14.6 Å². The van der Waals surface area contributed by atoms with Crippen LogP contribution in [-0.4, -0.2) is 60.6 Å². The Balaban J connectivity index is 0.00000107. The third-order valence-corrected chi connectivity index (χ3v) is 7.07. The molecule has 0 atom stereocenters. The number of sulfonamides is 1. The zero-order valence-corrected chi connectivity index (χ0v) is 18.4. The van der Waals surface area contributed by atoms with E-state index in [0.29, 0.717) is 25.8 Å². The fraction of sp³-hybridized carbons (Fsp3) is 0.409. The second-order valence-corrected chi connectivity index (χ2v) is 9.59. The van der Waals surface area contributed by atoms with Crippen LogP contribution in [0.2, 0.25) is 0 Å². The number of carbonyl (C=O) groups excluding carboxylic acids is 1. The molecule has 1 aromatic heterocycles. The molecule has 0 saturated carbocycles. The van der Waals surface area contributed by atoms with Gasteiger partial charge in [0.25, 0.3) is 6.47 Å². The van der Waals surface area contributed by atoms with E-state index in [9.17, 15) is 13.2 Å². The van der Waals surface area contributed by atoms with Gasteiger partial charge in [0.1, 0.15) is 0 Å². The van der Waals surface area contributed by atoms with E-state index < -0.39 is 15.4 Å². The molecule has 1 aliphatic rings. The Kier molecular flexibility index (Phi) is 9.14. The highest BCUT2D eigenvalue weighted by Gasteiger charge is 2.52. The van der Waals surface area contributed by atoms with Crippen molar-refractivity contribution >= 4 is 22.4 Å². The maximum Gasteiger partial charge on any atom is 0.290 e. The molecule has 0 radical (unpaired) electrons. The third kappa shape index (κ3) is 6.86. The predicted molar refractivity (Wildman–Crippen MR) is 118 cm³/mol. The molecule has 1 aliphatic heterocycles. The number of carbonyl (C=O) groups is 2. The van der Waals surface area contributed by atoms with Crippen LogP contribution in [0.1, 0.15) is 24.5 Å². The molecular weight excluding hydrogens is 418 g/mol. The second-order valence-electron chi connectivity index (χ2n) is 7.50. The van der Waals surface area contributed by atoms with Gasteiger partial charge in [-0.2, -0.15) is 4.31 Å². The van der Waals surface area contributed by atoms with E-state index in [0.717, 1.165) is 11.1 Å². The molecule has 0 bridgehead atoms. The zero-order valence-electron chi connectivity index (χ0n) is 17.6. The van der Waals surface area contributed by atoms with Gasteiger partial charge in [0.2, 0.25) is 15.9 Å². The minimum Gasteiger partial charge on any atom is -0.483 e. The lowest BCUT2D eigenvalue weighted by atomic mass is 9.75. The SMILES string of the molecule is CCCS(=O)(=O)N1CC(Cc2ccccc2)(C(=O)NCCc2cccnc2)C1.O=CO. The Hall–Kier alpha value is -2.78. The molecule has 1 saturated heterocycles. The van der Waals surface area contributed by atoms with Gasteiger partial charge in [-0.25, -0.2) is 8.42 Å². The van der Waals surface area contributed by atoms with Crippen LogP contribution in [0.3, 0.4) is 0 Å². The number of hydrogen-bond acceptors (Lipinski definition) is 5. The van der Waals surface area contributed by atoms with Crippen LogP contribution >= 0.6 is 0 Å². The summed E-state index contributed by atoms with van der Waals surface area (Å²) in [5.41, 5.74) is 1.38. The van der Waals surface area contributed by atoms with Gasteiger partial charge in [-0.15, -0.1) is 0 Å². The number of carboxylic acid groups (broad SMARTS) is 1. The fourth-order valence-corrected chi connectivity index (χ4v) is 5.25. The summed E-state index contributed by atoms with van der Waals surface area (Å²) in [7, 11) is -3.29. The summed E-state index contributed by atoms with van der Waals surface area (Å²) >= 11 is 0. The van der Waals surface area contributed by atoms with Gasteiger partial charge in [-0.3, -0.25) is 14.6 Å². The Bertz CT molecular complexity index is 930. The summed E-state index contributed by atoms with van der Waals surface area (Å²) in [5.74, 6) is 0.0417. The molecule has 2 N–H and O–H groups in total. The van der Waals surface area contributed by atoms with E-state index >= 15 is 0 Å². The molecule has 168 valence electrons. The molecule has 3 rings (SSSR count). The molecule has 31 heavy (non-hydrogen) atoms. The monoisotopic (exact) mass is 447 g/mol. The number of nitrogens with one attached hydrogen (secondary N) is 1. The van der Waals surface area contributed by atoms with E-state index in [1.54, 1.807) is 12.4 Å². The zero-order chi connectivity index (χ0) is 22.7. The average molecular weight is 448 g/mol. The summed E-state index contributed by atoms with van der Waals surface area (Å²) in [6.07, 6.45) is 5.30. The first-order valence-corrected chi connectivity index (χ1v) is 11.7. The largest absolute Gasteiger partial charge is 0.483 e. The molecule has 0 aliphatic carbocycles. The summed E-state index contributed by atoms with van der Waals surface area (Å²) in [4.78, 5) is 25.5. The molecule has 0 unspecified atom stereocenters. The number of pyridine rings is 1. The third-order valence-electron chi connectivity index (χ3n) is 5.10. The average Bonchev–Trinajstić information content (AvgIpc) is 2.72. The molecule has 1 aromatic carbocycles. The highest BCUT2D eigenvalue weighted by molar-refractivity contribution is 7.89. The number of benzene rings is 1. The Morgan fingerprint density at radius 2 is 1.84 bits per heavy atom. The van der Waals surface area contributed by atoms with Gasteiger partial charge >= 0.3 is 0 Å². The molecule has 2 aromatic rings. The summed E-state index contributed by atoms with van der Waals surface area (Å²) in [5, 5.41) is 9.90. The molecule has 8 nitrogen and oxygen atoms in total. The standard InChI is InChI=1S/C21H27N3O3S.CH2O2/c1-2-13-28(26,27)24-16-21(17-24,14-18-7-4-3-5-8-18)20(25)23-12-10-19-9-6-11-22-15-19;2-1-3/h3-9,11,15H,2,10,12-14,16-17H2,1H3,(H,23,25);1H,(H,2,3). The lowest BCUT2D eigenvalue weighted by Crippen LogP contribution is -2.65. The van der Waals surface area contributed by atoms with E-state index in [4.69, 9.17) is 9.90 Å². The molecule has 1 fully saturated rings. The van der Waals surface area contributed by atoms with Crippen LogP contribution in [0.15, 0.2) is 54.9 Å². The summed E-state index contributed by atoms with van der Waals surface area (Å²) in [6.45, 7) is 2.58. The first kappa shape index (κ1) is 24.5. The molecule has 0 spiro atoms. The highest BCUT2D eigenvalue weighted by Crippen LogP contribution is 2.36. The summed E-state index contributed by atoms with van der Waals surface area (Å²) < 4.78 is 26.2. The van der Waals surface area contributed by atoms with Crippen molar-refractivity contribution in [2.24, 2.45) is 5.41 Å². The minimum atomic E-state index is -3.29. The molecular formula is C22H29N3O5S. The second kappa shape index (κ2) is 11.6. The van der Waals surface area contributed by atoms with Crippen molar-refractivity contribution in [3.63, 3.8) is 0 Å². The Labute approximate surface area is 183 Å². The van der Waals surface area contributed by atoms with Gasteiger partial charge in [0, 0.05) is 32.0 Å². The van der Waals surface area contributed by atoms with Crippen molar-refractivity contribution in [3.05, 3.63) is 66.0 Å². The van der Waals surface area contributed by atoms with Gasteiger partial charge in [-0.1, -0.05) is 43.3 Å². The first-order chi connectivity index (χ1) is 14.9. The van der Waals surface area contributed by atoms with Gasteiger partial charge in [0.05, 0.1) is 11.2 Å². The highest BCUT2D eigenvalue weighted by atomic mass is 32.2. The lowest BCUT2D eigenvalue weighted by molar-refractivity contribution is -0.137. The Morgan fingerprint density at radius 1 is 1.19 bits per heavy atom. The van der Waals surface area contributed by atoms with Gasteiger partial charge < -0.3 is 10.4 Å². The summed E-state index contributed by atoms with van der Waals surface area (Å²) in [6, 6.07) is 13.6. The van der Waals surface area contributed by atoms with Gasteiger partial charge in [0.15, 0.2) is 0 Å². The molecule has 2 heterocycles. The number of rotatable bonds is 9. The van der Waals surface area contributed by atoms with Crippen LogP contribution in [-0.2, 0) is 32.5 Å². The van der Waals surface area contributed by atoms with Crippen molar-refractivity contribution in [1.29, 1.82) is 0 Å². The number of aromatic nitrogens is 1. The molecule has 1 amide bonds. The maximum absolute atomic E-state index is 13.0. The number of hydrogen-bond donors (Lipinski definition) is 2. The van der Waals surface area contributed by atoms with Crippen molar-refractivity contribution in [3.8, 4) is 0 Å². The minimum absolute atomic E-state index is 0.0804. The van der Waals surface area contributed by atoms with Crippen LogP contribution < -0.4 is 5.32 Å². The van der Waals surface area contributed by atoms with Crippen molar-refractivity contribution in [2.75, 3.05) is 25.4 Å². The first-order valence-electron chi connectivity index (χ1n) is 10.1. The fourth-order valence-electron chi connectivity index (χ4n) is 3.59. The van der Waals surface area contributed by atoms with E-state index in [1.165, 1.54) is 4.31 Å². The van der Waals surface area contributed by atoms with E-state index in [2.05, 4.69) is 10.3 Å². The van der Waals surface area contributed by atoms with Crippen molar-refractivity contribution in [2.45, 2.75) is 26.2 Å². The quantitative estimate of drug-likeness (QED) is 0.566. The number of nitrogens with zero attached hydrogens (tertiary/aromatic N) is 2. The van der Waals surface area contributed by atoms with Crippen LogP contribution in [0.25, 0.3) is 0 Å². The normalized spacial score (nSPS) is 15.1. The smallest absolute Gasteiger partial charge is 0.290 e. The Morgan fingerprint density at radius 3 is 2.42 bits per heavy atom. The van der Waals surface area contributed by atoms with Crippen LogP contribution in [0, 0.1) is 5.41 Å². The van der Waals surface area contributed by atoms with E-state index in [-0.39, 0.29) is 31.2 Å². The lowest BCUT2D eigenvalue weighted by Gasteiger charge is -2.48. The predicted octanol–water partition coefficient (Wildman–Crippen LogP) is 1.73. The van der Waals surface area contributed by atoms with Gasteiger partial charge in [-0.05, 0) is 36.5 Å². The topological polar surface area (TPSA) is 117 Å². The maximum atomic E-state index is 13.0. The van der Waals surface area contributed by atoms with Crippen LogP contribution in [0.5, 0.6) is 0 Å². The van der Waals surface area contributed by atoms with E-state index in [1.807, 2.05) is 49.4 Å². The van der Waals surface area contributed by atoms with Crippen molar-refractivity contribution < 1.29 is 23.1 Å². The molecule has 9 heteroatoms. The number of amides is 1. The van der Waals surface area contributed by atoms with Crippen LogP contribution in [0.4, 0.5) is 0 Å².